The molecule has 0 radical (unpaired) electrons. The van der Waals surface area contributed by atoms with Crippen LogP contribution in [0.15, 0.2) is 17.2 Å². The van der Waals surface area contributed by atoms with Crippen LogP contribution >= 0.6 is 0 Å². The Morgan fingerprint density at radius 2 is 2.23 bits per heavy atom. The standard InChI is InChI=1S/C9H12N2O2/c1-6-3-8(13-2)4-7(5-11-10)9(6)12/h3-5,12H,10H2,1-2H3. The molecule has 0 saturated carbocycles. The van der Waals surface area contributed by atoms with Gasteiger partial charge in [-0.1, -0.05) is 0 Å². The Labute approximate surface area is 76.6 Å². The molecule has 4 nitrogen and oxygen atoms in total. The van der Waals surface area contributed by atoms with Crippen molar-refractivity contribution in [3.8, 4) is 11.5 Å². The fourth-order valence-corrected chi connectivity index (χ4v) is 1.07. The molecule has 0 bridgehead atoms. The molecule has 0 atom stereocenters. The second kappa shape index (κ2) is 3.80. The number of benzene rings is 1. The van der Waals surface area contributed by atoms with Crippen molar-refractivity contribution < 1.29 is 9.84 Å². The molecule has 1 aromatic carbocycles. The minimum absolute atomic E-state index is 0.176. The maximum atomic E-state index is 9.55. The van der Waals surface area contributed by atoms with Crippen molar-refractivity contribution in [1.82, 2.24) is 0 Å². The SMILES string of the molecule is COc1cc(C)c(O)c(C=NN)c1. The first-order valence-corrected chi connectivity index (χ1v) is 3.80. The summed E-state index contributed by atoms with van der Waals surface area (Å²) in [5.41, 5.74) is 1.29. The number of hydrogen-bond donors (Lipinski definition) is 2. The van der Waals surface area contributed by atoms with Crippen LogP contribution in [-0.4, -0.2) is 18.4 Å². The quantitative estimate of drug-likeness (QED) is 0.405. The van der Waals surface area contributed by atoms with Gasteiger partial charge in [0.25, 0.3) is 0 Å². The minimum atomic E-state index is 0.176. The van der Waals surface area contributed by atoms with E-state index in [0.29, 0.717) is 11.3 Å². The highest BCUT2D eigenvalue weighted by Gasteiger charge is 2.04. The number of rotatable bonds is 2. The summed E-state index contributed by atoms with van der Waals surface area (Å²) in [4.78, 5) is 0. The van der Waals surface area contributed by atoms with Gasteiger partial charge in [-0.05, 0) is 24.6 Å². The van der Waals surface area contributed by atoms with E-state index < -0.39 is 0 Å². The average molecular weight is 180 g/mol. The number of methoxy groups -OCH3 is 1. The molecule has 0 aromatic heterocycles. The predicted molar refractivity (Wildman–Crippen MR) is 51.2 cm³/mol. The van der Waals surface area contributed by atoms with Gasteiger partial charge in [0, 0.05) is 5.56 Å². The van der Waals surface area contributed by atoms with Crippen molar-refractivity contribution in [3.63, 3.8) is 0 Å². The molecule has 1 rings (SSSR count). The third kappa shape index (κ3) is 1.90. The van der Waals surface area contributed by atoms with Crippen LogP contribution in [-0.2, 0) is 0 Å². The van der Waals surface area contributed by atoms with Gasteiger partial charge in [0.1, 0.15) is 11.5 Å². The molecular weight excluding hydrogens is 168 g/mol. The highest BCUT2D eigenvalue weighted by atomic mass is 16.5. The predicted octanol–water partition coefficient (Wildman–Crippen LogP) is 1.00. The molecule has 1 aromatic rings. The van der Waals surface area contributed by atoms with Crippen LogP contribution in [0.3, 0.4) is 0 Å². The summed E-state index contributed by atoms with van der Waals surface area (Å²) < 4.78 is 5.02. The van der Waals surface area contributed by atoms with Crippen LogP contribution in [0.25, 0.3) is 0 Å². The van der Waals surface area contributed by atoms with E-state index in [0.717, 1.165) is 5.56 Å². The summed E-state index contributed by atoms with van der Waals surface area (Å²) in [5.74, 6) is 5.84. The number of hydrogen-bond acceptors (Lipinski definition) is 4. The Bertz CT molecular complexity index is 335. The number of phenolic OH excluding ortho intramolecular Hbond substituents is 1. The summed E-state index contributed by atoms with van der Waals surface area (Å²) in [6.45, 7) is 1.78. The van der Waals surface area contributed by atoms with E-state index in [1.165, 1.54) is 6.21 Å². The molecule has 0 unspecified atom stereocenters. The second-order valence-corrected chi connectivity index (χ2v) is 2.66. The first kappa shape index (κ1) is 9.38. The Balaban J connectivity index is 3.24. The lowest BCUT2D eigenvalue weighted by Crippen LogP contribution is -1.92. The third-order valence-corrected chi connectivity index (χ3v) is 1.75. The lowest BCUT2D eigenvalue weighted by molar-refractivity contribution is 0.411. The number of phenols is 1. The van der Waals surface area contributed by atoms with Gasteiger partial charge < -0.3 is 15.7 Å². The van der Waals surface area contributed by atoms with E-state index in [1.807, 2.05) is 0 Å². The van der Waals surface area contributed by atoms with Gasteiger partial charge in [-0.2, -0.15) is 5.10 Å². The number of aromatic hydroxyl groups is 1. The topological polar surface area (TPSA) is 67.8 Å². The first-order chi connectivity index (χ1) is 6.19. The molecular formula is C9H12N2O2. The largest absolute Gasteiger partial charge is 0.507 e. The Hall–Kier alpha value is -1.71. The van der Waals surface area contributed by atoms with Crippen LogP contribution in [0, 0.1) is 6.92 Å². The summed E-state index contributed by atoms with van der Waals surface area (Å²) in [7, 11) is 1.56. The monoisotopic (exact) mass is 180 g/mol. The summed E-state index contributed by atoms with van der Waals surface area (Å²) in [5, 5.41) is 12.9. The van der Waals surface area contributed by atoms with E-state index in [9.17, 15) is 5.11 Å². The smallest absolute Gasteiger partial charge is 0.127 e. The molecule has 0 aliphatic rings. The van der Waals surface area contributed by atoms with Gasteiger partial charge in [0.2, 0.25) is 0 Å². The van der Waals surface area contributed by atoms with Gasteiger partial charge in [-0.25, -0.2) is 0 Å². The maximum absolute atomic E-state index is 9.55. The summed E-state index contributed by atoms with van der Waals surface area (Å²) in [6.07, 6.45) is 1.38. The number of ether oxygens (including phenoxy) is 1. The molecule has 4 heteroatoms. The Kier molecular flexibility index (Phi) is 2.74. The van der Waals surface area contributed by atoms with Crippen molar-refractivity contribution in [2.45, 2.75) is 6.92 Å². The summed E-state index contributed by atoms with van der Waals surface area (Å²) >= 11 is 0. The van der Waals surface area contributed by atoms with E-state index in [2.05, 4.69) is 5.10 Å². The molecule has 0 fully saturated rings. The van der Waals surface area contributed by atoms with E-state index in [-0.39, 0.29) is 5.75 Å². The minimum Gasteiger partial charge on any atom is -0.507 e. The number of nitrogens with two attached hydrogens (primary N) is 1. The second-order valence-electron chi connectivity index (χ2n) is 2.66. The van der Waals surface area contributed by atoms with E-state index >= 15 is 0 Å². The van der Waals surface area contributed by atoms with Gasteiger partial charge in [0.15, 0.2) is 0 Å². The molecule has 0 saturated heterocycles. The van der Waals surface area contributed by atoms with Crippen molar-refractivity contribution in [2.75, 3.05) is 7.11 Å². The van der Waals surface area contributed by atoms with Crippen LogP contribution < -0.4 is 10.6 Å². The number of nitrogens with zero attached hydrogens (tertiary/aromatic N) is 1. The maximum Gasteiger partial charge on any atom is 0.127 e. The highest BCUT2D eigenvalue weighted by molar-refractivity contribution is 5.84. The fraction of sp³-hybridized carbons (Fsp3) is 0.222. The Morgan fingerprint density at radius 1 is 1.54 bits per heavy atom. The highest BCUT2D eigenvalue weighted by Crippen LogP contribution is 2.26. The van der Waals surface area contributed by atoms with Crippen LogP contribution in [0.5, 0.6) is 11.5 Å². The van der Waals surface area contributed by atoms with Crippen molar-refractivity contribution in [3.05, 3.63) is 23.3 Å². The van der Waals surface area contributed by atoms with E-state index in [1.54, 1.807) is 26.2 Å². The molecule has 3 N–H and O–H groups in total. The van der Waals surface area contributed by atoms with Gasteiger partial charge in [-0.3, -0.25) is 0 Å². The lowest BCUT2D eigenvalue weighted by atomic mass is 10.1. The van der Waals surface area contributed by atoms with Gasteiger partial charge in [-0.15, -0.1) is 0 Å². The Morgan fingerprint density at radius 3 is 2.77 bits per heavy atom. The molecule has 0 spiro atoms. The fourth-order valence-electron chi connectivity index (χ4n) is 1.07. The van der Waals surface area contributed by atoms with Crippen molar-refractivity contribution >= 4 is 6.21 Å². The average Bonchev–Trinajstić information content (AvgIpc) is 2.13. The normalized spacial score (nSPS) is 10.6. The lowest BCUT2D eigenvalue weighted by Gasteiger charge is -2.06. The van der Waals surface area contributed by atoms with Crippen LogP contribution in [0.4, 0.5) is 0 Å². The number of hydrazone groups is 1. The van der Waals surface area contributed by atoms with Crippen molar-refractivity contribution in [2.24, 2.45) is 10.9 Å². The zero-order valence-electron chi connectivity index (χ0n) is 7.61. The molecule has 0 amide bonds. The third-order valence-electron chi connectivity index (χ3n) is 1.75. The first-order valence-electron chi connectivity index (χ1n) is 3.80. The zero-order valence-corrected chi connectivity index (χ0v) is 7.61. The van der Waals surface area contributed by atoms with Crippen LogP contribution in [0.2, 0.25) is 0 Å². The van der Waals surface area contributed by atoms with E-state index in [4.69, 9.17) is 10.6 Å². The zero-order chi connectivity index (χ0) is 9.84. The van der Waals surface area contributed by atoms with Gasteiger partial charge >= 0.3 is 0 Å². The van der Waals surface area contributed by atoms with Crippen LogP contribution in [0.1, 0.15) is 11.1 Å². The molecule has 0 aliphatic carbocycles. The van der Waals surface area contributed by atoms with Crippen molar-refractivity contribution in [1.29, 1.82) is 0 Å². The number of aryl methyl sites for hydroxylation is 1. The van der Waals surface area contributed by atoms with Gasteiger partial charge in [0.05, 0.1) is 13.3 Å². The molecule has 70 valence electrons. The molecule has 13 heavy (non-hydrogen) atoms. The molecule has 0 heterocycles. The molecule has 0 aliphatic heterocycles. The summed E-state index contributed by atoms with van der Waals surface area (Å²) in [6, 6.07) is 3.40.